The maximum atomic E-state index is 12.1. The van der Waals surface area contributed by atoms with Crippen molar-refractivity contribution in [1.82, 2.24) is 0 Å². The van der Waals surface area contributed by atoms with Crippen LogP contribution in [0.15, 0.2) is 83.8 Å². The van der Waals surface area contributed by atoms with Gasteiger partial charge in [-0.25, -0.2) is 0 Å². The molecule has 5 atom stereocenters. The summed E-state index contributed by atoms with van der Waals surface area (Å²) in [7, 11) is 3.14. The van der Waals surface area contributed by atoms with Crippen molar-refractivity contribution in [1.29, 1.82) is 0 Å². The van der Waals surface area contributed by atoms with Gasteiger partial charge in [0.25, 0.3) is 0 Å². The fourth-order valence-electron chi connectivity index (χ4n) is 5.71. The lowest BCUT2D eigenvalue weighted by Crippen LogP contribution is -2.71. The first-order valence-corrected chi connectivity index (χ1v) is 17.2. The molecule has 5 rings (SSSR count). The molecule has 3 aromatic rings. The van der Waals surface area contributed by atoms with Gasteiger partial charge in [0, 0.05) is 31.3 Å². The van der Waals surface area contributed by atoms with E-state index in [2.05, 4.69) is 31.4 Å². The molecule has 0 spiro atoms. The van der Waals surface area contributed by atoms with Gasteiger partial charge in [0.1, 0.15) is 23.9 Å². The summed E-state index contributed by atoms with van der Waals surface area (Å²) in [5.41, 5.74) is 1.95. The van der Waals surface area contributed by atoms with Crippen molar-refractivity contribution in [3.8, 4) is 0 Å². The van der Waals surface area contributed by atoms with Gasteiger partial charge < -0.3 is 39.1 Å². The Hall–Kier alpha value is -2.74. The van der Waals surface area contributed by atoms with Gasteiger partial charge in [-0.3, -0.25) is 4.79 Å². The van der Waals surface area contributed by atoms with Gasteiger partial charge >= 0.3 is 0 Å². The van der Waals surface area contributed by atoms with Crippen molar-refractivity contribution in [2.24, 2.45) is 0 Å². The number of benzene rings is 3. The number of amides is 1. The summed E-state index contributed by atoms with van der Waals surface area (Å²) in [5.74, 6) is -2.42. The number of nitrogens with one attached hydrogen (secondary N) is 2. The van der Waals surface area contributed by atoms with Gasteiger partial charge in [0.15, 0.2) is 0 Å². The molecule has 1 saturated heterocycles. The molecule has 1 amide bonds. The Morgan fingerprint density at radius 3 is 2.13 bits per heavy atom. The maximum absolute atomic E-state index is 12.1. The minimum absolute atomic E-state index is 0.0422. The first-order chi connectivity index (χ1) is 21.8. The third kappa shape index (κ3) is 6.93. The molecule has 2 aliphatic rings. The van der Waals surface area contributed by atoms with E-state index in [9.17, 15) is 9.90 Å². The minimum Gasteiger partial charge on any atom is -0.401 e. The standard InChI is InChI=1S/C35H44N2O7SSi/c1-32(2,3)46-44-35(23-14-10-8-11-15-23,24-16-12-9-13-17-24)31-30(42-33(4,40-6)34(5,41-7)43-31)27(38)21-36-25-18-19-28-26(20-25)37-29(39)22-45-28/h8-20,27,30-31,36,38H,21-22H2,1-7H3,(H,37,39)/t27-,30-,31-,33+,34+/m0/s1. The summed E-state index contributed by atoms with van der Waals surface area (Å²) in [6.45, 7) is 10.0. The SMILES string of the molecule is CO[C@]1(C)O[C@@H]([C@@H](O)CNc2ccc3c(c2)NC(=O)CS3)[C@@H](C(O[Si]C(C)(C)C)(c2ccccc2)c2ccccc2)O[C@@]1(C)OC. The van der Waals surface area contributed by atoms with Crippen LogP contribution in [0.1, 0.15) is 45.7 Å². The number of aliphatic hydroxyl groups is 1. The first-order valence-electron chi connectivity index (χ1n) is 15.3. The van der Waals surface area contributed by atoms with E-state index in [1.807, 2.05) is 78.9 Å². The van der Waals surface area contributed by atoms with E-state index in [1.165, 1.54) is 18.9 Å². The van der Waals surface area contributed by atoms with Crippen molar-refractivity contribution >= 4 is 38.8 Å². The van der Waals surface area contributed by atoms with E-state index in [-0.39, 0.29) is 27.3 Å². The molecular weight excluding hydrogens is 621 g/mol. The summed E-state index contributed by atoms with van der Waals surface area (Å²) >= 11 is 1.50. The van der Waals surface area contributed by atoms with Gasteiger partial charge in [-0.15, -0.1) is 11.8 Å². The summed E-state index contributed by atoms with van der Waals surface area (Å²) in [4.78, 5) is 13.0. The topological polar surface area (TPSA) is 108 Å². The highest BCUT2D eigenvalue weighted by molar-refractivity contribution is 8.00. The van der Waals surface area contributed by atoms with Crippen molar-refractivity contribution in [3.63, 3.8) is 0 Å². The molecule has 0 unspecified atom stereocenters. The van der Waals surface area contributed by atoms with Crippen molar-refractivity contribution < 1.29 is 33.3 Å². The summed E-state index contributed by atoms with van der Waals surface area (Å²) in [6.07, 6.45) is -2.97. The number of hydrogen-bond donors (Lipinski definition) is 3. The Labute approximate surface area is 278 Å². The third-order valence-corrected chi connectivity index (χ3v) is 10.6. The summed E-state index contributed by atoms with van der Waals surface area (Å²) in [5, 5.41) is 18.1. The fraction of sp³-hybridized carbons (Fsp3) is 0.457. The highest BCUT2D eigenvalue weighted by Gasteiger charge is 2.63. The average Bonchev–Trinajstić information content (AvgIpc) is 3.05. The number of ether oxygens (including phenoxy) is 4. The normalized spacial score (nSPS) is 25.8. The predicted octanol–water partition coefficient (Wildman–Crippen LogP) is 5.81. The van der Waals surface area contributed by atoms with Crippen LogP contribution in [-0.2, 0) is 33.8 Å². The van der Waals surface area contributed by atoms with Gasteiger partial charge in [-0.1, -0.05) is 81.4 Å². The number of anilines is 2. The lowest BCUT2D eigenvalue weighted by Gasteiger charge is -2.57. The van der Waals surface area contributed by atoms with Crippen molar-refractivity contribution in [2.45, 2.75) is 80.0 Å². The molecule has 2 radical (unpaired) electrons. The molecule has 0 bridgehead atoms. The van der Waals surface area contributed by atoms with Crippen LogP contribution in [0.4, 0.5) is 11.4 Å². The molecule has 2 aliphatic heterocycles. The molecule has 0 aromatic heterocycles. The number of thioether (sulfide) groups is 1. The van der Waals surface area contributed by atoms with E-state index < -0.39 is 35.5 Å². The molecule has 0 saturated carbocycles. The summed E-state index contributed by atoms with van der Waals surface area (Å²) < 4.78 is 32.8. The van der Waals surface area contributed by atoms with Crippen LogP contribution in [0.3, 0.4) is 0 Å². The predicted molar refractivity (Wildman–Crippen MR) is 181 cm³/mol. The monoisotopic (exact) mass is 664 g/mol. The van der Waals surface area contributed by atoms with Gasteiger partial charge in [0.2, 0.25) is 27.2 Å². The van der Waals surface area contributed by atoms with E-state index in [0.29, 0.717) is 5.75 Å². The number of fused-ring (bicyclic) bond motifs is 1. The highest BCUT2D eigenvalue weighted by atomic mass is 32.2. The molecule has 2 heterocycles. The smallest absolute Gasteiger partial charge is 0.237 e. The number of methoxy groups -OCH3 is 2. The van der Waals surface area contributed by atoms with Crippen LogP contribution >= 0.6 is 11.8 Å². The first kappa shape index (κ1) is 34.6. The van der Waals surface area contributed by atoms with Crippen molar-refractivity contribution in [2.75, 3.05) is 37.2 Å². The number of aliphatic hydroxyl groups excluding tert-OH is 1. The largest absolute Gasteiger partial charge is 0.401 e. The second kappa shape index (κ2) is 13.8. The van der Waals surface area contributed by atoms with E-state index in [4.69, 9.17) is 23.4 Å². The third-order valence-electron chi connectivity index (χ3n) is 8.45. The molecule has 46 heavy (non-hydrogen) atoms. The van der Waals surface area contributed by atoms with Crippen LogP contribution in [0.2, 0.25) is 5.04 Å². The molecule has 3 N–H and O–H groups in total. The number of carbonyl (C=O) groups is 1. The number of hydrogen-bond acceptors (Lipinski definition) is 9. The van der Waals surface area contributed by atoms with Crippen molar-refractivity contribution in [3.05, 3.63) is 90.0 Å². The van der Waals surface area contributed by atoms with Crippen LogP contribution in [0.25, 0.3) is 0 Å². The Bertz CT molecular complexity index is 1450. The Kier molecular flexibility index (Phi) is 10.4. The fourth-order valence-corrected chi connectivity index (χ4v) is 7.32. The van der Waals surface area contributed by atoms with E-state index in [1.54, 1.807) is 21.0 Å². The lowest BCUT2D eigenvalue weighted by molar-refractivity contribution is -0.463. The zero-order valence-electron chi connectivity index (χ0n) is 27.5. The van der Waals surface area contributed by atoms with E-state index in [0.717, 1.165) is 27.4 Å². The number of rotatable bonds is 11. The molecule has 246 valence electrons. The average molecular weight is 665 g/mol. The second-order valence-corrected chi connectivity index (χ2v) is 15.8. The Morgan fingerprint density at radius 1 is 0.978 bits per heavy atom. The van der Waals surface area contributed by atoms with Gasteiger partial charge in [-0.2, -0.15) is 0 Å². The Balaban J connectivity index is 1.60. The molecule has 11 heteroatoms. The molecule has 3 aromatic carbocycles. The second-order valence-electron chi connectivity index (χ2n) is 12.8. The van der Waals surface area contributed by atoms with Gasteiger partial charge in [0.05, 0.1) is 11.4 Å². The van der Waals surface area contributed by atoms with Crippen LogP contribution in [0.5, 0.6) is 0 Å². The number of carbonyl (C=O) groups excluding carboxylic acids is 1. The minimum atomic E-state index is -1.39. The molecule has 9 nitrogen and oxygen atoms in total. The quantitative estimate of drug-likeness (QED) is 0.219. The zero-order chi connectivity index (χ0) is 33.2. The highest BCUT2D eigenvalue weighted by Crippen LogP contribution is 2.50. The summed E-state index contributed by atoms with van der Waals surface area (Å²) in [6, 6.07) is 25.6. The van der Waals surface area contributed by atoms with Crippen LogP contribution in [-0.4, -0.2) is 77.2 Å². The Morgan fingerprint density at radius 2 is 1.57 bits per heavy atom. The lowest BCUT2D eigenvalue weighted by atomic mass is 9.77. The molecule has 1 fully saturated rings. The van der Waals surface area contributed by atoms with Crippen LogP contribution < -0.4 is 10.6 Å². The zero-order valence-corrected chi connectivity index (χ0v) is 29.3. The van der Waals surface area contributed by atoms with Gasteiger partial charge in [-0.05, 0) is 48.2 Å². The maximum Gasteiger partial charge on any atom is 0.237 e. The van der Waals surface area contributed by atoms with E-state index >= 15 is 0 Å². The molecular formula is C35H44N2O7SSi. The molecule has 0 aliphatic carbocycles. The van der Waals surface area contributed by atoms with Crippen LogP contribution in [0, 0.1) is 0 Å².